The van der Waals surface area contributed by atoms with E-state index in [9.17, 15) is 4.79 Å². The maximum absolute atomic E-state index is 11.9. The average Bonchev–Trinajstić information content (AvgIpc) is 2.79. The summed E-state index contributed by atoms with van der Waals surface area (Å²) in [5.74, 6) is 0.812. The molecule has 0 fully saturated rings. The molecule has 0 radical (unpaired) electrons. The van der Waals surface area contributed by atoms with Gasteiger partial charge in [-0.2, -0.15) is 0 Å². The lowest BCUT2D eigenvalue weighted by molar-refractivity contribution is 0.508. The van der Waals surface area contributed by atoms with Gasteiger partial charge < -0.3 is 15.2 Å². The van der Waals surface area contributed by atoms with E-state index in [4.69, 9.17) is 4.99 Å². The lowest BCUT2D eigenvalue weighted by atomic mass is 9.85. The van der Waals surface area contributed by atoms with Crippen LogP contribution in [0, 0.1) is 0 Å². The van der Waals surface area contributed by atoms with Gasteiger partial charge in [-0.1, -0.05) is 74.5 Å². The molecule has 170 valence electrons. The van der Waals surface area contributed by atoms with Gasteiger partial charge in [0.25, 0.3) is 5.56 Å². The quantitative estimate of drug-likeness (QED) is 0.249. The number of benzene rings is 2. The second-order valence-corrected chi connectivity index (χ2v) is 8.28. The fourth-order valence-electron chi connectivity index (χ4n) is 3.35. The summed E-state index contributed by atoms with van der Waals surface area (Å²) in [6, 6.07) is 24.0. The van der Waals surface area contributed by atoms with Crippen molar-refractivity contribution in [2.75, 3.05) is 13.1 Å². The van der Waals surface area contributed by atoms with Crippen LogP contribution in [0.4, 0.5) is 0 Å². The molecule has 3 aromatic rings. The van der Waals surface area contributed by atoms with E-state index in [1.165, 1.54) is 5.56 Å². The topological polar surface area (TPSA) is 58.4 Å². The van der Waals surface area contributed by atoms with Crippen molar-refractivity contribution >= 4 is 29.9 Å². The predicted octanol–water partition coefficient (Wildman–Crippen LogP) is 4.55. The third-order valence-corrected chi connectivity index (χ3v) is 5.29. The van der Waals surface area contributed by atoms with Crippen molar-refractivity contribution in [2.24, 2.45) is 4.99 Å². The van der Waals surface area contributed by atoms with Crippen molar-refractivity contribution in [3.8, 4) is 0 Å². The predicted molar refractivity (Wildman–Crippen MR) is 144 cm³/mol. The molecule has 6 heteroatoms. The summed E-state index contributed by atoms with van der Waals surface area (Å²) in [6.45, 7) is 9.29. The van der Waals surface area contributed by atoms with E-state index < -0.39 is 0 Å². The van der Waals surface area contributed by atoms with E-state index in [-0.39, 0.29) is 35.0 Å². The highest BCUT2D eigenvalue weighted by Gasteiger charge is 2.20. The summed E-state index contributed by atoms with van der Waals surface area (Å²) in [7, 11) is 0. The second-order valence-electron chi connectivity index (χ2n) is 8.28. The largest absolute Gasteiger partial charge is 0.357 e. The summed E-state index contributed by atoms with van der Waals surface area (Å²) >= 11 is 0. The summed E-state index contributed by atoms with van der Waals surface area (Å²) in [5.41, 5.74) is 3.52. The monoisotopic (exact) mass is 544 g/mol. The highest BCUT2D eigenvalue weighted by Crippen LogP contribution is 2.21. The molecule has 32 heavy (non-hydrogen) atoms. The standard InChI is InChI=1S/C26H32N4O.HI/c1-4-27-25(29-20-26(2,3)23-10-6-5-7-11-23)28-18-21-13-15-22(16-14-21)19-30-17-9-8-12-24(30)31;/h5-17H,4,18-20H2,1-3H3,(H2,27,28,29);1H. The molecule has 0 bridgehead atoms. The first kappa shape index (κ1) is 25.6. The SMILES string of the molecule is CCNC(=NCc1ccc(Cn2ccccc2=O)cc1)NCC(C)(C)c1ccccc1.I. The van der Waals surface area contributed by atoms with Gasteiger partial charge in [0.2, 0.25) is 0 Å². The number of guanidine groups is 1. The van der Waals surface area contributed by atoms with Crippen LogP contribution in [-0.2, 0) is 18.5 Å². The van der Waals surface area contributed by atoms with Crippen molar-refractivity contribution in [3.63, 3.8) is 0 Å². The molecule has 0 amide bonds. The Morgan fingerprint density at radius 2 is 1.56 bits per heavy atom. The number of nitrogens with zero attached hydrogens (tertiary/aromatic N) is 2. The highest BCUT2D eigenvalue weighted by atomic mass is 127. The Kier molecular flexibility index (Phi) is 9.97. The molecule has 0 aliphatic rings. The van der Waals surface area contributed by atoms with Gasteiger partial charge in [0.1, 0.15) is 0 Å². The normalized spacial score (nSPS) is 11.5. The molecule has 0 atom stereocenters. The molecule has 1 aromatic heterocycles. The van der Waals surface area contributed by atoms with Crippen molar-refractivity contribution in [2.45, 2.75) is 39.3 Å². The van der Waals surface area contributed by atoms with Crippen LogP contribution in [0.3, 0.4) is 0 Å². The molecule has 2 N–H and O–H groups in total. The minimum Gasteiger partial charge on any atom is -0.357 e. The van der Waals surface area contributed by atoms with Crippen LogP contribution in [0.15, 0.2) is 88.8 Å². The number of hydrogen-bond donors (Lipinski definition) is 2. The van der Waals surface area contributed by atoms with Gasteiger partial charge in [-0.05, 0) is 29.7 Å². The van der Waals surface area contributed by atoms with Crippen LogP contribution < -0.4 is 16.2 Å². The third kappa shape index (κ3) is 7.51. The first-order valence-corrected chi connectivity index (χ1v) is 10.8. The van der Waals surface area contributed by atoms with E-state index in [1.807, 2.05) is 18.3 Å². The third-order valence-electron chi connectivity index (χ3n) is 5.29. The van der Waals surface area contributed by atoms with E-state index in [0.29, 0.717) is 13.1 Å². The van der Waals surface area contributed by atoms with Gasteiger partial charge in [-0.15, -0.1) is 24.0 Å². The van der Waals surface area contributed by atoms with Gasteiger partial charge in [-0.25, -0.2) is 4.99 Å². The van der Waals surface area contributed by atoms with Crippen LogP contribution in [0.25, 0.3) is 0 Å². The summed E-state index contributed by atoms with van der Waals surface area (Å²) in [4.78, 5) is 16.6. The molecule has 3 rings (SSSR count). The van der Waals surface area contributed by atoms with Crippen LogP contribution in [0.1, 0.15) is 37.5 Å². The maximum Gasteiger partial charge on any atom is 0.250 e. The maximum atomic E-state index is 11.9. The zero-order valence-corrected chi connectivity index (χ0v) is 21.4. The highest BCUT2D eigenvalue weighted by molar-refractivity contribution is 14.0. The number of nitrogens with one attached hydrogen (secondary N) is 2. The van der Waals surface area contributed by atoms with Crippen molar-refractivity contribution < 1.29 is 0 Å². The second kappa shape index (κ2) is 12.4. The fraction of sp³-hybridized carbons (Fsp3) is 0.308. The molecular formula is C26H33IN4O. The summed E-state index contributed by atoms with van der Waals surface area (Å²) in [5, 5.41) is 6.81. The Morgan fingerprint density at radius 3 is 2.22 bits per heavy atom. The Labute approximate surface area is 208 Å². The zero-order valence-electron chi connectivity index (χ0n) is 19.0. The molecule has 0 aliphatic heterocycles. The molecule has 1 heterocycles. The van der Waals surface area contributed by atoms with Gasteiger partial charge in [0, 0.05) is 30.8 Å². The molecule has 0 saturated heterocycles. The molecular weight excluding hydrogens is 511 g/mol. The lowest BCUT2D eigenvalue weighted by Crippen LogP contribution is -2.43. The van der Waals surface area contributed by atoms with E-state index in [0.717, 1.165) is 30.2 Å². The first-order valence-electron chi connectivity index (χ1n) is 10.8. The van der Waals surface area contributed by atoms with Crippen LogP contribution in [0.5, 0.6) is 0 Å². The van der Waals surface area contributed by atoms with Crippen LogP contribution in [0.2, 0.25) is 0 Å². The Bertz CT molecular complexity index is 1040. The molecule has 0 spiro atoms. The lowest BCUT2D eigenvalue weighted by Gasteiger charge is -2.26. The molecule has 5 nitrogen and oxygen atoms in total. The minimum absolute atomic E-state index is 0. The number of aliphatic imine (C=N–C) groups is 1. The average molecular weight is 544 g/mol. The van der Waals surface area contributed by atoms with Gasteiger partial charge in [0.05, 0.1) is 13.1 Å². The smallest absolute Gasteiger partial charge is 0.250 e. The number of aromatic nitrogens is 1. The Hall–Kier alpha value is -2.61. The number of pyridine rings is 1. The van der Waals surface area contributed by atoms with Crippen LogP contribution in [-0.4, -0.2) is 23.6 Å². The van der Waals surface area contributed by atoms with E-state index >= 15 is 0 Å². The van der Waals surface area contributed by atoms with Gasteiger partial charge >= 0.3 is 0 Å². The molecule has 0 unspecified atom stereocenters. The molecule has 0 saturated carbocycles. The Balaban J connectivity index is 0.00000363. The van der Waals surface area contributed by atoms with E-state index in [1.54, 1.807) is 16.7 Å². The first-order chi connectivity index (χ1) is 15.0. The van der Waals surface area contributed by atoms with E-state index in [2.05, 4.69) is 79.9 Å². The van der Waals surface area contributed by atoms with Gasteiger partial charge in [0.15, 0.2) is 5.96 Å². The molecule has 2 aromatic carbocycles. The van der Waals surface area contributed by atoms with Crippen LogP contribution >= 0.6 is 24.0 Å². The van der Waals surface area contributed by atoms with Crippen molar-refractivity contribution in [1.82, 2.24) is 15.2 Å². The summed E-state index contributed by atoms with van der Waals surface area (Å²) < 4.78 is 1.70. The summed E-state index contributed by atoms with van der Waals surface area (Å²) in [6.07, 6.45) is 1.81. The minimum atomic E-state index is -0.00534. The zero-order chi connectivity index (χ0) is 22.1. The Morgan fingerprint density at radius 1 is 0.906 bits per heavy atom. The molecule has 0 aliphatic carbocycles. The number of halogens is 1. The number of rotatable bonds is 8. The fourth-order valence-corrected chi connectivity index (χ4v) is 3.35. The van der Waals surface area contributed by atoms with Gasteiger partial charge in [-0.3, -0.25) is 4.79 Å². The van der Waals surface area contributed by atoms with Crippen molar-refractivity contribution in [3.05, 3.63) is 106 Å². The van der Waals surface area contributed by atoms with Crippen molar-refractivity contribution in [1.29, 1.82) is 0 Å². The number of hydrogen-bond acceptors (Lipinski definition) is 2.